The lowest BCUT2D eigenvalue weighted by Gasteiger charge is -2.14. The zero-order chi connectivity index (χ0) is 19.9. The van der Waals surface area contributed by atoms with Crippen LogP contribution in [-0.4, -0.2) is 30.2 Å². The lowest BCUT2D eigenvalue weighted by atomic mass is 10.2. The average molecular weight is 448 g/mol. The minimum absolute atomic E-state index is 0.305. The fourth-order valence-corrected chi connectivity index (χ4v) is 2.86. The van der Waals surface area contributed by atoms with Crippen LogP contribution in [0.2, 0.25) is 0 Å². The van der Waals surface area contributed by atoms with Gasteiger partial charge < -0.3 is 25.8 Å². The van der Waals surface area contributed by atoms with Crippen LogP contribution in [-0.2, 0) is 0 Å². The van der Waals surface area contributed by atoms with Crippen LogP contribution < -0.4 is 25.8 Å². The van der Waals surface area contributed by atoms with E-state index >= 15 is 0 Å². The molecule has 0 bridgehead atoms. The standard InChI is InChI=1S/C19H19BrFN5O2/c1-27-17-10-16-13(9-18(17)28-7-6-23-5-4-22)19(25-11-24-16)26-15-3-2-12(20)8-14(15)21/h2-5,8-11,23H,6-7,22H2,1H3,(H,24,25,26)/b5-4-. The van der Waals surface area contributed by atoms with Gasteiger partial charge in [-0.1, -0.05) is 15.9 Å². The maximum absolute atomic E-state index is 14.2. The number of anilines is 2. The van der Waals surface area contributed by atoms with Crippen molar-refractivity contribution in [2.45, 2.75) is 0 Å². The summed E-state index contributed by atoms with van der Waals surface area (Å²) >= 11 is 3.25. The number of hydrogen-bond acceptors (Lipinski definition) is 7. The lowest BCUT2D eigenvalue weighted by Crippen LogP contribution is -2.16. The molecule has 0 spiro atoms. The molecule has 0 saturated carbocycles. The first kappa shape index (κ1) is 19.7. The average Bonchev–Trinajstić information content (AvgIpc) is 2.69. The zero-order valence-electron chi connectivity index (χ0n) is 15.1. The number of ether oxygens (including phenoxy) is 2. The lowest BCUT2D eigenvalue weighted by molar-refractivity contribution is 0.297. The fraction of sp³-hybridized carbons (Fsp3) is 0.158. The van der Waals surface area contributed by atoms with E-state index in [4.69, 9.17) is 15.2 Å². The number of aromatic nitrogens is 2. The molecule has 0 fully saturated rings. The van der Waals surface area contributed by atoms with E-state index in [0.717, 1.165) is 0 Å². The monoisotopic (exact) mass is 447 g/mol. The minimum atomic E-state index is -0.398. The van der Waals surface area contributed by atoms with Crippen LogP contribution in [0.15, 0.2) is 53.5 Å². The molecule has 4 N–H and O–H groups in total. The third-order valence-corrected chi connectivity index (χ3v) is 4.32. The van der Waals surface area contributed by atoms with Crippen molar-refractivity contribution in [3.05, 3.63) is 59.3 Å². The molecule has 7 nitrogen and oxygen atoms in total. The molecule has 2 aromatic carbocycles. The van der Waals surface area contributed by atoms with Gasteiger partial charge in [0.05, 0.1) is 18.3 Å². The summed E-state index contributed by atoms with van der Waals surface area (Å²) in [6.07, 6.45) is 4.45. The van der Waals surface area contributed by atoms with Gasteiger partial charge in [-0.25, -0.2) is 14.4 Å². The van der Waals surface area contributed by atoms with E-state index in [9.17, 15) is 4.39 Å². The number of nitrogens with two attached hydrogens (primary N) is 1. The first-order valence-corrected chi connectivity index (χ1v) is 9.19. The van der Waals surface area contributed by atoms with Crippen molar-refractivity contribution < 1.29 is 13.9 Å². The normalized spacial score (nSPS) is 11.0. The van der Waals surface area contributed by atoms with Crippen LogP contribution in [0.25, 0.3) is 10.9 Å². The van der Waals surface area contributed by atoms with E-state index in [2.05, 4.69) is 36.5 Å². The van der Waals surface area contributed by atoms with Gasteiger partial charge in [0.25, 0.3) is 0 Å². The molecular weight excluding hydrogens is 429 g/mol. The van der Waals surface area contributed by atoms with Crippen molar-refractivity contribution in [3.8, 4) is 11.5 Å². The van der Waals surface area contributed by atoms with Crippen molar-refractivity contribution in [1.82, 2.24) is 15.3 Å². The molecule has 0 amide bonds. The molecular formula is C19H19BrFN5O2. The smallest absolute Gasteiger partial charge is 0.162 e. The second-order valence-electron chi connectivity index (χ2n) is 5.65. The largest absolute Gasteiger partial charge is 0.493 e. The molecule has 146 valence electrons. The van der Waals surface area contributed by atoms with Crippen molar-refractivity contribution in [1.29, 1.82) is 0 Å². The number of hydrogen-bond donors (Lipinski definition) is 3. The van der Waals surface area contributed by atoms with E-state index in [-0.39, 0.29) is 0 Å². The highest BCUT2D eigenvalue weighted by atomic mass is 79.9. The van der Waals surface area contributed by atoms with Crippen LogP contribution in [0.5, 0.6) is 11.5 Å². The van der Waals surface area contributed by atoms with E-state index in [1.165, 1.54) is 18.6 Å². The Morgan fingerprint density at radius 2 is 2.07 bits per heavy atom. The van der Waals surface area contributed by atoms with Crippen LogP contribution in [0.1, 0.15) is 0 Å². The minimum Gasteiger partial charge on any atom is -0.493 e. The number of rotatable bonds is 8. The van der Waals surface area contributed by atoms with Crippen LogP contribution in [0.4, 0.5) is 15.9 Å². The van der Waals surface area contributed by atoms with Gasteiger partial charge in [-0.05, 0) is 24.3 Å². The molecule has 3 rings (SSSR count). The Hall–Kier alpha value is -3.07. The summed E-state index contributed by atoms with van der Waals surface area (Å²) in [4.78, 5) is 8.52. The second-order valence-corrected chi connectivity index (χ2v) is 6.57. The zero-order valence-corrected chi connectivity index (χ0v) is 16.7. The van der Waals surface area contributed by atoms with Gasteiger partial charge in [0.2, 0.25) is 0 Å². The van der Waals surface area contributed by atoms with E-state index in [0.29, 0.717) is 51.5 Å². The maximum atomic E-state index is 14.2. The molecule has 28 heavy (non-hydrogen) atoms. The molecule has 1 aromatic heterocycles. The van der Waals surface area contributed by atoms with Crippen LogP contribution in [0.3, 0.4) is 0 Å². The van der Waals surface area contributed by atoms with Crippen molar-refractivity contribution >= 4 is 38.3 Å². The van der Waals surface area contributed by atoms with Gasteiger partial charge in [0.15, 0.2) is 11.5 Å². The van der Waals surface area contributed by atoms with Crippen molar-refractivity contribution in [3.63, 3.8) is 0 Å². The Bertz CT molecular complexity index is 999. The number of nitrogens with zero attached hydrogens (tertiary/aromatic N) is 2. The number of benzene rings is 2. The Balaban J connectivity index is 1.91. The first-order chi connectivity index (χ1) is 13.6. The summed E-state index contributed by atoms with van der Waals surface area (Å²) < 4.78 is 26.1. The highest BCUT2D eigenvalue weighted by Crippen LogP contribution is 2.35. The maximum Gasteiger partial charge on any atom is 0.162 e. The third kappa shape index (κ3) is 4.61. The highest BCUT2D eigenvalue weighted by molar-refractivity contribution is 9.10. The summed E-state index contributed by atoms with van der Waals surface area (Å²) in [6, 6.07) is 8.28. The Morgan fingerprint density at radius 1 is 1.21 bits per heavy atom. The Labute approximate surface area is 169 Å². The van der Waals surface area contributed by atoms with Gasteiger partial charge in [-0.2, -0.15) is 0 Å². The van der Waals surface area contributed by atoms with E-state index < -0.39 is 5.82 Å². The van der Waals surface area contributed by atoms with Gasteiger partial charge in [-0.15, -0.1) is 0 Å². The summed E-state index contributed by atoms with van der Waals surface area (Å²) in [5, 5.41) is 6.67. The molecule has 0 aliphatic carbocycles. The topological polar surface area (TPSA) is 94.3 Å². The third-order valence-electron chi connectivity index (χ3n) is 3.82. The SMILES string of the molecule is COc1cc2ncnc(Nc3ccc(Br)cc3F)c2cc1OCCN/C=C\N. The fourth-order valence-electron chi connectivity index (χ4n) is 2.53. The Morgan fingerprint density at radius 3 is 2.82 bits per heavy atom. The summed E-state index contributed by atoms with van der Waals surface area (Å²) in [5.41, 5.74) is 6.22. The Kier molecular flexibility index (Phi) is 6.49. The predicted molar refractivity (Wildman–Crippen MR) is 110 cm³/mol. The van der Waals surface area contributed by atoms with Gasteiger partial charge in [0.1, 0.15) is 24.6 Å². The quantitative estimate of drug-likeness (QED) is 0.453. The van der Waals surface area contributed by atoms with E-state index in [1.807, 2.05) is 0 Å². The molecule has 0 aliphatic rings. The summed E-state index contributed by atoms with van der Waals surface area (Å²) in [5.74, 6) is 1.14. The number of nitrogens with one attached hydrogen (secondary N) is 2. The van der Waals surface area contributed by atoms with E-state index in [1.54, 1.807) is 37.6 Å². The van der Waals surface area contributed by atoms with Gasteiger partial charge in [-0.3, -0.25) is 0 Å². The predicted octanol–water partition coefficient (Wildman–Crippen LogP) is 3.68. The molecule has 0 aliphatic heterocycles. The first-order valence-electron chi connectivity index (χ1n) is 8.40. The van der Waals surface area contributed by atoms with Crippen LogP contribution >= 0.6 is 15.9 Å². The molecule has 1 heterocycles. The van der Waals surface area contributed by atoms with Crippen molar-refractivity contribution in [2.24, 2.45) is 5.73 Å². The van der Waals surface area contributed by atoms with Crippen molar-refractivity contribution in [2.75, 3.05) is 25.6 Å². The number of methoxy groups -OCH3 is 1. The molecule has 9 heteroatoms. The molecule has 0 atom stereocenters. The van der Waals surface area contributed by atoms with Gasteiger partial charge in [0, 0.05) is 34.9 Å². The van der Waals surface area contributed by atoms with Crippen LogP contribution in [0, 0.1) is 5.82 Å². The molecule has 0 saturated heterocycles. The highest BCUT2D eigenvalue weighted by Gasteiger charge is 2.13. The summed E-state index contributed by atoms with van der Waals surface area (Å²) in [6.45, 7) is 0.958. The number of fused-ring (bicyclic) bond motifs is 1. The second kappa shape index (κ2) is 9.23. The summed E-state index contributed by atoms with van der Waals surface area (Å²) in [7, 11) is 1.56. The number of halogens is 2. The molecule has 0 unspecified atom stereocenters. The molecule has 0 radical (unpaired) electrons. The molecule has 3 aromatic rings. The van der Waals surface area contributed by atoms with Gasteiger partial charge >= 0.3 is 0 Å².